The Morgan fingerprint density at radius 2 is 0.462 bits per heavy atom. The number of carbonyl (C=O) groups is 4. The Hall–Kier alpha value is -1.94. The minimum atomic E-state index is -4.95. The van der Waals surface area contributed by atoms with Crippen LogP contribution in [0.1, 0.15) is 357 Å². The van der Waals surface area contributed by atoms with Crippen LogP contribution < -0.4 is 0 Å². The Balaban J connectivity index is 5.19. The predicted octanol–water partition coefficient (Wildman–Crippen LogP) is 20.5. The van der Waals surface area contributed by atoms with Crippen molar-refractivity contribution in [3.8, 4) is 0 Å². The molecule has 0 aromatic carbocycles. The molecule has 0 spiro atoms. The van der Waals surface area contributed by atoms with Gasteiger partial charge in [0.1, 0.15) is 19.3 Å². The van der Waals surface area contributed by atoms with E-state index in [0.717, 1.165) is 114 Å². The summed E-state index contributed by atoms with van der Waals surface area (Å²) in [7, 11) is -9.90. The number of rotatable bonds is 69. The highest BCUT2D eigenvalue weighted by molar-refractivity contribution is 7.47. The van der Waals surface area contributed by atoms with Crippen LogP contribution in [-0.2, 0) is 65.4 Å². The summed E-state index contributed by atoms with van der Waals surface area (Å²) in [5.41, 5.74) is 0. The Labute approximate surface area is 556 Å². The van der Waals surface area contributed by atoms with Crippen LogP contribution in [0.4, 0.5) is 0 Å². The van der Waals surface area contributed by atoms with E-state index in [1.807, 2.05) is 0 Å². The molecular formula is C72H140O17P2. The molecule has 0 rings (SSSR count). The van der Waals surface area contributed by atoms with Crippen molar-refractivity contribution in [3.63, 3.8) is 0 Å². The monoisotopic (exact) mass is 1340 g/mol. The smallest absolute Gasteiger partial charge is 0.462 e. The molecule has 0 aromatic rings. The van der Waals surface area contributed by atoms with Crippen molar-refractivity contribution >= 4 is 39.5 Å². The molecule has 0 aliphatic heterocycles. The lowest BCUT2D eigenvalue weighted by atomic mass is 10.0. The molecule has 91 heavy (non-hydrogen) atoms. The van der Waals surface area contributed by atoms with Crippen LogP contribution in [0.25, 0.3) is 0 Å². The fourth-order valence-corrected chi connectivity index (χ4v) is 12.4. The average Bonchev–Trinajstić information content (AvgIpc) is 2.33. The van der Waals surface area contributed by atoms with E-state index in [1.54, 1.807) is 0 Å². The van der Waals surface area contributed by atoms with E-state index < -0.39 is 97.5 Å². The fraction of sp³-hybridized carbons (Fsp3) is 0.944. The number of phosphoric acid groups is 2. The topological polar surface area (TPSA) is 237 Å². The summed E-state index contributed by atoms with van der Waals surface area (Å²) in [6.45, 7) is 14.1. The molecule has 0 saturated heterocycles. The molecule has 0 aliphatic carbocycles. The van der Waals surface area contributed by atoms with E-state index in [9.17, 15) is 43.2 Å². The van der Waals surface area contributed by atoms with Gasteiger partial charge in [-0.2, -0.15) is 0 Å². The summed E-state index contributed by atoms with van der Waals surface area (Å²) in [6.07, 6.45) is 44.7. The zero-order valence-electron chi connectivity index (χ0n) is 59.5. The van der Waals surface area contributed by atoms with E-state index in [-0.39, 0.29) is 25.7 Å². The number of carbonyl (C=O) groups excluding carboxylic acids is 4. The molecule has 5 atom stereocenters. The Morgan fingerprint density at radius 3 is 0.681 bits per heavy atom. The maximum absolute atomic E-state index is 13.0. The van der Waals surface area contributed by atoms with Gasteiger partial charge in [-0.1, -0.05) is 306 Å². The zero-order chi connectivity index (χ0) is 67.5. The van der Waals surface area contributed by atoms with Crippen LogP contribution >= 0.6 is 15.6 Å². The van der Waals surface area contributed by atoms with Crippen molar-refractivity contribution in [3.05, 3.63) is 0 Å². The van der Waals surface area contributed by atoms with Gasteiger partial charge in [-0.15, -0.1) is 0 Å². The lowest BCUT2D eigenvalue weighted by molar-refractivity contribution is -0.161. The minimum absolute atomic E-state index is 0.104. The second kappa shape index (κ2) is 61.6. The molecule has 0 bridgehead atoms. The highest BCUT2D eigenvalue weighted by Gasteiger charge is 2.30. The Bertz CT molecular complexity index is 1800. The van der Waals surface area contributed by atoms with Crippen molar-refractivity contribution in [1.29, 1.82) is 0 Å². The van der Waals surface area contributed by atoms with Gasteiger partial charge in [0.2, 0.25) is 0 Å². The Morgan fingerprint density at radius 1 is 0.275 bits per heavy atom. The molecule has 3 unspecified atom stereocenters. The quantitative estimate of drug-likeness (QED) is 0.0222. The summed E-state index contributed by atoms with van der Waals surface area (Å²) < 4.78 is 68.3. The van der Waals surface area contributed by atoms with E-state index in [1.165, 1.54) is 154 Å². The van der Waals surface area contributed by atoms with Gasteiger partial charge in [-0.3, -0.25) is 37.3 Å². The molecule has 0 heterocycles. The number of ether oxygens (including phenoxy) is 4. The molecule has 0 radical (unpaired) electrons. The van der Waals surface area contributed by atoms with Crippen molar-refractivity contribution < 1.29 is 80.2 Å². The first-order valence-corrected chi connectivity index (χ1v) is 40.2. The molecule has 0 aliphatic rings. The largest absolute Gasteiger partial charge is 0.472 e. The SMILES string of the molecule is CC(C)CCCCCCCCCCCCCCCCCCC(=O)O[C@H](COC(=O)CCCCCCCCC(C)C)COP(=O)(O)OCC(O)COP(=O)(O)OC[C@@H](COC(=O)CCCCCCCCCCCC(C)C)OC(=O)CCCCCCCCCCC(C)C. The predicted molar refractivity (Wildman–Crippen MR) is 367 cm³/mol. The van der Waals surface area contributed by atoms with Gasteiger partial charge in [0.05, 0.1) is 26.4 Å². The number of aliphatic hydroxyl groups excluding tert-OH is 1. The van der Waals surface area contributed by atoms with E-state index in [0.29, 0.717) is 31.6 Å². The molecule has 0 saturated carbocycles. The van der Waals surface area contributed by atoms with Crippen LogP contribution in [0.5, 0.6) is 0 Å². The van der Waals surface area contributed by atoms with Crippen LogP contribution in [-0.4, -0.2) is 96.7 Å². The zero-order valence-corrected chi connectivity index (χ0v) is 61.3. The van der Waals surface area contributed by atoms with Crippen LogP contribution in [0.2, 0.25) is 0 Å². The lowest BCUT2D eigenvalue weighted by Gasteiger charge is -2.21. The van der Waals surface area contributed by atoms with Crippen LogP contribution in [0, 0.1) is 23.7 Å². The molecule has 0 aromatic heterocycles. The van der Waals surface area contributed by atoms with Crippen molar-refractivity contribution in [1.82, 2.24) is 0 Å². The number of hydrogen-bond donors (Lipinski definition) is 3. The van der Waals surface area contributed by atoms with Gasteiger partial charge >= 0.3 is 39.5 Å². The summed E-state index contributed by atoms with van der Waals surface area (Å²) in [5, 5.41) is 10.6. The molecule has 0 amide bonds. The lowest BCUT2D eigenvalue weighted by Crippen LogP contribution is -2.30. The maximum atomic E-state index is 13.0. The molecular weight excluding hydrogens is 1200 g/mol. The van der Waals surface area contributed by atoms with E-state index in [4.69, 9.17) is 37.0 Å². The van der Waals surface area contributed by atoms with Gasteiger partial charge in [0.25, 0.3) is 0 Å². The van der Waals surface area contributed by atoms with Crippen molar-refractivity contribution in [2.75, 3.05) is 39.6 Å². The third-order valence-electron chi connectivity index (χ3n) is 16.6. The minimum Gasteiger partial charge on any atom is -0.462 e. The molecule has 3 N–H and O–H groups in total. The van der Waals surface area contributed by atoms with Gasteiger partial charge in [0.15, 0.2) is 12.2 Å². The summed E-state index contributed by atoms with van der Waals surface area (Å²) in [4.78, 5) is 72.5. The number of hydrogen-bond acceptors (Lipinski definition) is 15. The van der Waals surface area contributed by atoms with Gasteiger partial charge < -0.3 is 33.8 Å². The van der Waals surface area contributed by atoms with Gasteiger partial charge in [-0.25, -0.2) is 9.13 Å². The normalized spacial score (nSPS) is 14.2. The van der Waals surface area contributed by atoms with Crippen LogP contribution in [0.3, 0.4) is 0 Å². The highest BCUT2D eigenvalue weighted by Crippen LogP contribution is 2.45. The fourth-order valence-electron chi connectivity index (χ4n) is 10.8. The van der Waals surface area contributed by atoms with Crippen molar-refractivity contribution in [2.24, 2.45) is 23.7 Å². The summed E-state index contributed by atoms with van der Waals surface area (Å²) in [5.74, 6) is 0.820. The number of unbranched alkanes of at least 4 members (excludes halogenated alkanes) is 35. The molecule has 17 nitrogen and oxygen atoms in total. The second-order valence-electron chi connectivity index (χ2n) is 27.9. The number of esters is 4. The van der Waals surface area contributed by atoms with Gasteiger partial charge in [-0.05, 0) is 49.4 Å². The summed E-state index contributed by atoms with van der Waals surface area (Å²) >= 11 is 0. The molecule has 19 heteroatoms. The first-order chi connectivity index (χ1) is 43.6. The van der Waals surface area contributed by atoms with E-state index in [2.05, 4.69) is 55.4 Å². The highest BCUT2D eigenvalue weighted by atomic mass is 31.2. The average molecular weight is 1340 g/mol. The molecule has 540 valence electrons. The third kappa shape index (κ3) is 66.5. The maximum Gasteiger partial charge on any atom is 0.472 e. The third-order valence-corrected chi connectivity index (χ3v) is 18.5. The number of aliphatic hydroxyl groups is 1. The van der Waals surface area contributed by atoms with E-state index >= 15 is 0 Å². The van der Waals surface area contributed by atoms with Gasteiger partial charge in [0, 0.05) is 25.7 Å². The Kier molecular flexibility index (Phi) is 60.3. The van der Waals surface area contributed by atoms with Crippen molar-refractivity contribution in [2.45, 2.75) is 375 Å². The summed E-state index contributed by atoms with van der Waals surface area (Å²) in [6, 6.07) is 0. The standard InChI is InChI=1S/C72H140O17P2/c1-62(2)48-40-32-24-18-15-13-11-9-10-12-14-16-20-28-38-46-54-71(76)88-68(59-83-70(75)53-45-37-31-30-35-43-51-65(7)8)61-87-91(80,81)85-57-66(73)56-84-90(78,79)86-60-67(89-72(77)55-47-39-29-23-22-26-34-42-50-64(5)6)58-82-69(74)52-44-36-27-21-17-19-25-33-41-49-63(3)4/h62-68,73H,9-61H2,1-8H3,(H,78,79)(H,80,81)/t66?,67-,68-/m1/s1. The van der Waals surface area contributed by atoms with Crippen LogP contribution in [0.15, 0.2) is 0 Å². The number of phosphoric ester groups is 2. The molecule has 0 fully saturated rings. The first kappa shape index (κ1) is 89.1. The first-order valence-electron chi connectivity index (χ1n) is 37.2. The second-order valence-corrected chi connectivity index (χ2v) is 30.8.